The second-order valence-electron chi connectivity index (χ2n) is 4.82. The fraction of sp³-hybridized carbons (Fsp3) is 0.643. The first-order valence-corrected chi connectivity index (χ1v) is 8.87. The fourth-order valence-electron chi connectivity index (χ4n) is 2.05. The summed E-state index contributed by atoms with van der Waals surface area (Å²) in [6.07, 6.45) is 3.37. The van der Waals surface area contributed by atoms with Crippen LogP contribution in [-0.4, -0.2) is 21.7 Å². The second kappa shape index (κ2) is 7.13. The zero-order valence-electron chi connectivity index (χ0n) is 12.6. The lowest BCUT2D eigenvalue weighted by Crippen LogP contribution is -1.98. The van der Waals surface area contributed by atoms with Crippen LogP contribution in [0.4, 0.5) is 5.13 Å². The Kier molecular flexibility index (Phi) is 5.48. The highest BCUT2D eigenvalue weighted by Crippen LogP contribution is 2.37. The lowest BCUT2D eigenvalue weighted by atomic mass is 10.1. The summed E-state index contributed by atoms with van der Waals surface area (Å²) in [7, 11) is 0. The zero-order chi connectivity index (χ0) is 14.5. The molecule has 0 aliphatic carbocycles. The van der Waals surface area contributed by atoms with Gasteiger partial charge in [-0.05, 0) is 26.2 Å². The first kappa shape index (κ1) is 15.4. The van der Waals surface area contributed by atoms with Gasteiger partial charge in [-0.15, -0.1) is 21.5 Å². The molecule has 2 heterocycles. The van der Waals surface area contributed by atoms with Crippen LogP contribution in [0.15, 0.2) is 0 Å². The molecule has 1 N–H and O–H groups in total. The number of aryl methyl sites for hydroxylation is 1. The van der Waals surface area contributed by atoms with Gasteiger partial charge in [-0.25, -0.2) is 4.98 Å². The maximum atomic E-state index is 4.74. The van der Waals surface area contributed by atoms with Crippen molar-refractivity contribution in [1.82, 2.24) is 15.2 Å². The van der Waals surface area contributed by atoms with E-state index in [1.807, 2.05) is 0 Å². The van der Waals surface area contributed by atoms with E-state index in [1.54, 1.807) is 22.7 Å². The number of hydrogen-bond acceptors (Lipinski definition) is 6. The van der Waals surface area contributed by atoms with Crippen LogP contribution >= 0.6 is 22.7 Å². The highest BCUT2D eigenvalue weighted by atomic mass is 32.1. The molecule has 0 bridgehead atoms. The molecule has 110 valence electrons. The van der Waals surface area contributed by atoms with E-state index in [0.29, 0.717) is 5.92 Å². The van der Waals surface area contributed by atoms with Crippen LogP contribution in [0, 0.1) is 6.92 Å². The Hall–Kier alpha value is -1.01. The number of hydrogen-bond donors (Lipinski definition) is 1. The van der Waals surface area contributed by atoms with E-state index in [0.717, 1.165) is 41.6 Å². The first-order chi connectivity index (χ1) is 9.69. The van der Waals surface area contributed by atoms with Gasteiger partial charge in [-0.1, -0.05) is 32.1 Å². The summed E-state index contributed by atoms with van der Waals surface area (Å²) in [5.41, 5.74) is 1.08. The third kappa shape index (κ3) is 3.35. The van der Waals surface area contributed by atoms with Gasteiger partial charge in [-0.2, -0.15) is 0 Å². The maximum absolute atomic E-state index is 4.74. The minimum Gasteiger partial charge on any atom is -0.360 e. The fourth-order valence-corrected chi connectivity index (χ4v) is 4.27. The van der Waals surface area contributed by atoms with Crippen LogP contribution in [0.5, 0.6) is 0 Å². The lowest BCUT2D eigenvalue weighted by Gasteiger charge is -2.06. The van der Waals surface area contributed by atoms with Gasteiger partial charge in [0.1, 0.15) is 0 Å². The molecule has 0 unspecified atom stereocenters. The van der Waals surface area contributed by atoms with Gasteiger partial charge in [-0.3, -0.25) is 0 Å². The molecule has 2 aromatic rings. The minimum atomic E-state index is 0.568. The van der Waals surface area contributed by atoms with Gasteiger partial charge in [0.2, 0.25) is 5.13 Å². The summed E-state index contributed by atoms with van der Waals surface area (Å²) in [6, 6.07) is 0. The monoisotopic (exact) mass is 310 g/mol. The van der Waals surface area contributed by atoms with Gasteiger partial charge >= 0.3 is 0 Å². The largest absolute Gasteiger partial charge is 0.360 e. The van der Waals surface area contributed by atoms with Gasteiger partial charge in [0.15, 0.2) is 5.01 Å². The SMILES string of the molecule is CCCNc1nnc(-c2sc(C(CC)CC)nc2C)s1. The summed E-state index contributed by atoms with van der Waals surface area (Å²) in [4.78, 5) is 5.91. The summed E-state index contributed by atoms with van der Waals surface area (Å²) >= 11 is 3.39. The quantitative estimate of drug-likeness (QED) is 0.805. The Labute approximate surface area is 128 Å². The van der Waals surface area contributed by atoms with Crippen LogP contribution in [0.3, 0.4) is 0 Å². The number of aromatic nitrogens is 3. The van der Waals surface area contributed by atoms with Crippen molar-refractivity contribution >= 4 is 27.8 Å². The Balaban J connectivity index is 2.22. The minimum absolute atomic E-state index is 0.568. The highest BCUT2D eigenvalue weighted by Gasteiger charge is 2.18. The van der Waals surface area contributed by atoms with E-state index < -0.39 is 0 Å². The van der Waals surface area contributed by atoms with Gasteiger partial charge in [0.25, 0.3) is 0 Å². The van der Waals surface area contributed by atoms with Crippen LogP contribution in [-0.2, 0) is 0 Å². The van der Waals surface area contributed by atoms with E-state index in [4.69, 9.17) is 4.98 Å². The molecule has 0 aliphatic rings. The van der Waals surface area contributed by atoms with E-state index in [9.17, 15) is 0 Å². The van der Waals surface area contributed by atoms with Gasteiger partial charge in [0.05, 0.1) is 15.6 Å². The van der Waals surface area contributed by atoms with Crippen LogP contribution in [0.1, 0.15) is 56.7 Å². The molecule has 0 saturated carbocycles. The van der Waals surface area contributed by atoms with Crippen LogP contribution < -0.4 is 5.32 Å². The molecular formula is C14H22N4S2. The van der Waals surface area contributed by atoms with E-state index in [2.05, 4.69) is 43.2 Å². The van der Waals surface area contributed by atoms with Crippen molar-refractivity contribution < 1.29 is 0 Å². The topological polar surface area (TPSA) is 50.7 Å². The van der Waals surface area contributed by atoms with Crippen LogP contribution in [0.25, 0.3) is 9.88 Å². The molecule has 0 aliphatic heterocycles. The molecule has 4 nitrogen and oxygen atoms in total. The molecule has 0 amide bonds. The summed E-state index contributed by atoms with van der Waals surface area (Å²) in [6.45, 7) is 9.60. The highest BCUT2D eigenvalue weighted by molar-refractivity contribution is 7.23. The van der Waals surface area contributed by atoms with Crippen molar-refractivity contribution in [3.8, 4) is 9.88 Å². The normalized spacial score (nSPS) is 11.2. The zero-order valence-corrected chi connectivity index (χ0v) is 14.2. The number of nitrogens with zero attached hydrogens (tertiary/aromatic N) is 3. The molecule has 20 heavy (non-hydrogen) atoms. The summed E-state index contributed by atoms with van der Waals surface area (Å²) in [5.74, 6) is 0.568. The molecule has 2 aromatic heterocycles. The number of thiazole rings is 1. The predicted molar refractivity (Wildman–Crippen MR) is 87.9 cm³/mol. The number of nitrogens with one attached hydrogen (secondary N) is 1. The van der Waals surface area contributed by atoms with E-state index >= 15 is 0 Å². The smallest absolute Gasteiger partial charge is 0.206 e. The number of anilines is 1. The number of rotatable bonds is 7. The summed E-state index contributed by atoms with van der Waals surface area (Å²) in [5, 5.41) is 14.9. The van der Waals surface area contributed by atoms with Crippen LogP contribution in [0.2, 0.25) is 0 Å². The molecule has 0 radical (unpaired) electrons. The van der Waals surface area contributed by atoms with Crippen molar-refractivity contribution in [3.05, 3.63) is 10.7 Å². The molecule has 0 spiro atoms. The Bertz CT molecular complexity index is 543. The Morgan fingerprint density at radius 3 is 2.50 bits per heavy atom. The lowest BCUT2D eigenvalue weighted by molar-refractivity contribution is 0.636. The molecule has 2 rings (SSSR count). The first-order valence-electron chi connectivity index (χ1n) is 7.24. The molecule has 0 atom stereocenters. The van der Waals surface area contributed by atoms with Gasteiger partial charge in [0, 0.05) is 12.5 Å². The summed E-state index contributed by atoms with van der Waals surface area (Å²) < 4.78 is 0. The average molecular weight is 310 g/mol. The third-order valence-electron chi connectivity index (χ3n) is 3.29. The molecular weight excluding hydrogens is 288 g/mol. The average Bonchev–Trinajstić information content (AvgIpc) is 3.05. The molecule has 0 aromatic carbocycles. The second-order valence-corrected chi connectivity index (χ2v) is 6.83. The van der Waals surface area contributed by atoms with Gasteiger partial charge < -0.3 is 5.32 Å². The molecule has 0 fully saturated rings. The van der Waals surface area contributed by atoms with Crippen molar-refractivity contribution in [3.63, 3.8) is 0 Å². The Morgan fingerprint density at radius 2 is 1.85 bits per heavy atom. The Morgan fingerprint density at radius 1 is 1.10 bits per heavy atom. The molecule has 0 saturated heterocycles. The van der Waals surface area contributed by atoms with Crippen molar-refractivity contribution in [2.24, 2.45) is 0 Å². The van der Waals surface area contributed by atoms with Crippen molar-refractivity contribution in [2.75, 3.05) is 11.9 Å². The van der Waals surface area contributed by atoms with Crippen molar-refractivity contribution in [2.45, 2.75) is 52.9 Å². The standard InChI is InChI=1S/C14H22N4S2/c1-5-8-15-14-18-17-13(20-14)11-9(4)16-12(19-11)10(6-2)7-3/h10H,5-8H2,1-4H3,(H,15,18). The maximum Gasteiger partial charge on any atom is 0.206 e. The van der Waals surface area contributed by atoms with E-state index in [1.165, 1.54) is 9.88 Å². The third-order valence-corrected chi connectivity index (χ3v) is 5.65. The van der Waals surface area contributed by atoms with Crippen molar-refractivity contribution in [1.29, 1.82) is 0 Å². The molecule has 6 heteroatoms. The predicted octanol–water partition coefficient (Wildman–Crippen LogP) is 4.70. The van der Waals surface area contributed by atoms with E-state index in [-0.39, 0.29) is 0 Å².